The van der Waals surface area contributed by atoms with Crippen molar-refractivity contribution in [1.29, 1.82) is 0 Å². The first-order valence-electron chi connectivity index (χ1n) is 6.50. The number of piperidine rings is 1. The number of hydrogen-bond donors (Lipinski definition) is 2. The number of carboxylic acids is 1. The van der Waals surface area contributed by atoms with Crippen LogP contribution in [-0.2, 0) is 4.79 Å². The smallest absolute Gasteiger partial charge is 0.321 e. The summed E-state index contributed by atoms with van der Waals surface area (Å²) in [4.78, 5) is 34.6. The molecule has 1 fully saturated rings. The van der Waals surface area contributed by atoms with Gasteiger partial charge in [0, 0.05) is 30.9 Å². The van der Waals surface area contributed by atoms with Crippen molar-refractivity contribution in [3.05, 3.63) is 34.4 Å². The lowest BCUT2D eigenvalue weighted by Crippen LogP contribution is -2.44. The molecule has 0 bridgehead atoms. The van der Waals surface area contributed by atoms with Gasteiger partial charge in [0.2, 0.25) is 0 Å². The van der Waals surface area contributed by atoms with Crippen LogP contribution in [0.5, 0.6) is 0 Å². The van der Waals surface area contributed by atoms with E-state index in [1.807, 2.05) is 0 Å². The van der Waals surface area contributed by atoms with E-state index in [2.05, 4.69) is 5.32 Å². The molecule has 1 aliphatic rings. The molecule has 8 nitrogen and oxygen atoms in total. The molecule has 8 heteroatoms. The highest BCUT2D eigenvalue weighted by Crippen LogP contribution is 2.20. The molecule has 1 aromatic rings. The summed E-state index contributed by atoms with van der Waals surface area (Å²) in [6, 6.07) is 5.17. The van der Waals surface area contributed by atoms with Gasteiger partial charge in [-0.15, -0.1) is 0 Å². The Morgan fingerprint density at radius 1 is 1.43 bits per heavy atom. The van der Waals surface area contributed by atoms with E-state index in [-0.39, 0.29) is 12.2 Å². The van der Waals surface area contributed by atoms with Gasteiger partial charge in [-0.25, -0.2) is 4.79 Å². The second kappa shape index (κ2) is 6.21. The number of carbonyl (C=O) groups is 2. The highest BCUT2D eigenvalue weighted by Gasteiger charge is 2.28. The number of carbonyl (C=O) groups excluding carboxylic acids is 1. The molecule has 0 spiro atoms. The number of hydrogen-bond acceptors (Lipinski definition) is 4. The SMILES string of the molecule is O=C(O)[C@H]1CCCN(C(=O)Nc2cccc([N+](=O)[O-])c2)C1. The number of urea groups is 1. The molecular formula is C13H15N3O5. The predicted molar refractivity (Wildman–Crippen MR) is 74.0 cm³/mol. The normalized spacial score (nSPS) is 18.1. The third-order valence-corrected chi connectivity index (χ3v) is 3.37. The summed E-state index contributed by atoms with van der Waals surface area (Å²) in [6.07, 6.45) is 1.18. The number of anilines is 1. The second-order valence-electron chi connectivity index (χ2n) is 4.86. The quantitative estimate of drug-likeness (QED) is 0.653. The van der Waals surface area contributed by atoms with Gasteiger partial charge in [0.1, 0.15) is 0 Å². The number of nitrogens with one attached hydrogen (secondary N) is 1. The zero-order valence-electron chi connectivity index (χ0n) is 11.2. The van der Waals surface area contributed by atoms with Gasteiger partial charge in [-0.1, -0.05) is 6.07 Å². The fourth-order valence-corrected chi connectivity index (χ4v) is 2.26. The fourth-order valence-electron chi connectivity index (χ4n) is 2.26. The maximum absolute atomic E-state index is 12.1. The second-order valence-corrected chi connectivity index (χ2v) is 4.86. The Balaban J connectivity index is 2.02. The molecule has 1 saturated heterocycles. The first-order valence-corrected chi connectivity index (χ1v) is 6.50. The van der Waals surface area contributed by atoms with Crippen molar-refractivity contribution in [3.63, 3.8) is 0 Å². The van der Waals surface area contributed by atoms with Gasteiger partial charge in [-0.3, -0.25) is 14.9 Å². The van der Waals surface area contributed by atoms with E-state index in [1.165, 1.54) is 23.1 Å². The maximum Gasteiger partial charge on any atom is 0.321 e. The van der Waals surface area contributed by atoms with Crippen LogP contribution in [0.2, 0.25) is 0 Å². The average molecular weight is 293 g/mol. The third-order valence-electron chi connectivity index (χ3n) is 3.37. The first-order chi connectivity index (χ1) is 9.97. The van der Waals surface area contributed by atoms with E-state index in [1.54, 1.807) is 6.07 Å². The average Bonchev–Trinajstić information content (AvgIpc) is 2.47. The van der Waals surface area contributed by atoms with Crippen molar-refractivity contribution in [2.45, 2.75) is 12.8 Å². The highest BCUT2D eigenvalue weighted by atomic mass is 16.6. The van der Waals surface area contributed by atoms with Crippen LogP contribution in [0.3, 0.4) is 0 Å². The lowest BCUT2D eigenvalue weighted by Gasteiger charge is -2.30. The predicted octanol–water partition coefficient (Wildman–Crippen LogP) is 1.92. The van der Waals surface area contributed by atoms with Crippen LogP contribution in [0.25, 0.3) is 0 Å². The summed E-state index contributed by atoms with van der Waals surface area (Å²) < 4.78 is 0. The summed E-state index contributed by atoms with van der Waals surface area (Å²) >= 11 is 0. The van der Waals surface area contributed by atoms with E-state index in [4.69, 9.17) is 5.11 Å². The van der Waals surface area contributed by atoms with Crippen molar-refractivity contribution in [2.75, 3.05) is 18.4 Å². The number of nitro benzene ring substituents is 1. The Kier molecular flexibility index (Phi) is 4.36. The van der Waals surface area contributed by atoms with E-state index in [0.29, 0.717) is 25.1 Å². The van der Waals surface area contributed by atoms with Gasteiger partial charge in [0.05, 0.1) is 10.8 Å². The molecule has 1 aliphatic heterocycles. The monoisotopic (exact) mass is 293 g/mol. The minimum absolute atomic E-state index is 0.116. The third kappa shape index (κ3) is 3.68. The zero-order valence-corrected chi connectivity index (χ0v) is 11.2. The van der Waals surface area contributed by atoms with E-state index in [0.717, 1.165) is 0 Å². The summed E-state index contributed by atoms with van der Waals surface area (Å²) in [6.45, 7) is 0.626. The van der Waals surface area contributed by atoms with Crippen molar-refractivity contribution < 1.29 is 19.6 Å². The lowest BCUT2D eigenvalue weighted by atomic mass is 9.99. The summed E-state index contributed by atoms with van der Waals surface area (Å²) in [7, 11) is 0. The van der Waals surface area contributed by atoms with Gasteiger partial charge >= 0.3 is 12.0 Å². The number of carboxylic acid groups (broad SMARTS) is 1. The van der Waals surface area contributed by atoms with Gasteiger partial charge in [-0.2, -0.15) is 0 Å². The summed E-state index contributed by atoms with van der Waals surface area (Å²) in [5.41, 5.74) is 0.196. The fraction of sp³-hybridized carbons (Fsp3) is 0.385. The van der Waals surface area contributed by atoms with Gasteiger partial charge in [0.25, 0.3) is 5.69 Å². The van der Waals surface area contributed by atoms with Crippen LogP contribution >= 0.6 is 0 Å². The van der Waals surface area contributed by atoms with E-state index >= 15 is 0 Å². The summed E-state index contributed by atoms with van der Waals surface area (Å²) in [5.74, 6) is -1.47. The van der Waals surface area contributed by atoms with Crippen LogP contribution in [0.15, 0.2) is 24.3 Å². The van der Waals surface area contributed by atoms with E-state index < -0.39 is 22.8 Å². The molecule has 0 unspecified atom stereocenters. The maximum atomic E-state index is 12.1. The number of amides is 2. The number of non-ortho nitro benzene ring substituents is 1. The number of aliphatic carboxylic acids is 1. The molecule has 0 aromatic heterocycles. The van der Waals surface area contributed by atoms with Crippen molar-refractivity contribution in [2.24, 2.45) is 5.92 Å². The number of nitrogens with zero attached hydrogens (tertiary/aromatic N) is 2. The number of nitro groups is 1. The Bertz CT molecular complexity index is 575. The number of benzene rings is 1. The van der Waals surface area contributed by atoms with Crippen molar-refractivity contribution in [3.8, 4) is 0 Å². The van der Waals surface area contributed by atoms with Crippen LogP contribution in [0.1, 0.15) is 12.8 Å². The zero-order chi connectivity index (χ0) is 15.4. The molecule has 1 heterocycles. The van der Waals surface area contributed by atoms with Crippen LogP contribution in [0.4, 0.5) is 16.2 Å². The van der Waals surface area contributed by atoms with Crippen LogP contribution in [-0.4, -0.2) is 40.0 Å². The number of rotatable bonds is 3. The van der Waals surface area contributed by atoms with Crippen molar-refractivity contribution >= 4 is 23.4 Å². The molecule has 2 rings (SSSR count). The molecule has 1 atom stereocenters. The minimum Gasteiger partial charge on any atom is -0.481 e. The summed E-state index contributed by atoms with van der Waals surface area (Å²) in [5, 5.41) is 22.2. The molecule has 112 valence electrons. The van der Waals surface area contributed by atoms with Crippen LogP contribution in [0, 0.1) is 16.0 Å². The molecule has 2 amide bonds. The number of likely N-dealkylation sites (tertiary alicyclic amines) is 1. The molecule has 0 aliphatic carbocycles. The molecule has 21 heavy (non-hydrogen) atoms. The standard InChI is InChI=1S/C13H15N3O5/c17-12(18)9-3-2-6-15(8-9)13(19)14-10-4-1-5-11(7-10)16(20)21/h1,4-5,7,9H,2-3,6,8H2,(H,14,19)(H,17,18)/t9-/m0/s1. The Morgan fingerprint density at radius 2 is 2.19 bits per heavy atom. The topological polar surface area (TPSA) is 113 Å². The van der Waals surface area contributed by atoms with Gasteiger partial charge < -0.3 is 15.3 Å². The van der Waals surface area contributed by atoms with Crippen molar-refractivity contribution in [1.82, 2.24) is 4.90 Å². The Hall–Kier alpha value is -2.64. The van der Waals surface area contributed by atoms with Crippen LogP contribution < -0.4 is 5.32 Å². The first kappa shape index (κ1) is 14.8. The molecular weight excluding hydrogens is 278 g/mol. The molecule has 2 N–H and O–H groups in total. The molecule has 0 saturated carbocycles. The molecule has 0 radical (unpaired) electrons. The lowest BCUT2D eigenvalue weighted by molar-refractivity contribution is -0.384. The van der Waals surface area contributed by atoms with E-state index in [9.17, 15) is 19.7 Å². The Labute approximate surface area is 120 Å². The Morgan fingerprint density at radius 3 is 2.86 bits per heavy atom. The van der Waals surface area contributed by atoms with Gasteiger partial charge in [-0.05, 0) is 18.9 Å². The van der Waals surface area contributed by atoms with Gasteiger partial charge in [0.15, 0.2) is 0 Å². The minimum atomic E-state index is -0.914. The largest absolute Gasteiger partial charge is 0.481 e. The molecule has 1 aromatic carbocycles. The highest BCUT2D eigenvalue weighted by molar-refractivity contribution is 5.90.